The molecule has 2 aliphatic rings. The van der Waals surface area contributed by atoms with Crippen molar-refractivity contribution >= 4 is 29.3 Å². The van der Waals surface area contributed by atoms with E-state index in [9.17, 15) is 19.2 Å². The van der Waals surface area contributed by atoms with Gasteiger partial charge >= 0.3 is 0 Å². The first-order valence-corrected chi connectivity index (χ1v) is 10.7. The highest BCUT2D eigenvalue weighted by Gasteiger charge is 2.37. The van der Waals surface area contributed by atoms with E-state index in [2.05, 4.69) is 5.32 Å². The summed E-state index contributed by atoms with van der Waals surface area (Å²) in [4.78, 5) is 52.9. The van der Waals surface area contributed by atoms with Gasteiger partial charge in [-0.2, -0.15) is 0 Å². The monoisotopic (exact) mass is 435 g/mol. The molecule has 0 atom stereocenters. The van der Waals surface area contributed by atoms with Crippen LogP contribution in [0.15, 0.2) is 42.5 Å². The number of rotatable bonds is 5. The van der Waals surface area contributed by atoms with Crippen LogP contribution >= 0.6 is 0 Å². The van der Waals surface area contributed by atoms with E-state index in [1.54, 1.807) is 41.3 Å². The number of hydrogen-bond donors (Lipinski definition) is 1. The zero-order chi connectivity index (χ0) is 22.8. The number of benzene rings is 2. The maximum atomic E-state index is 13.0. The van der Waals surface area contributed by atoms with Crippen molar-refractivity contribution in [1.82, 2.24) is 10.2 Å². The lowest BCUT2D eigenvalue weighted by atomic mass is 10.0. The largest absolute Gasteiger partial charge is 0.494 e. The van der Waals surface area contributed by atoms with E-state index in [0.29, 0.717) is 49.5 Å². The van der Waals surface area contributed by atoms with E-state index >= 15 is 0 Å². The summed E-state index contributed by atoms with van der Waals surface area (Å²) in [5.74, 6) is -0.469. The molecule has 0 aromatic heterocycles. The van der Waals surface area contributed by atoms with Gasteiger partial charge in [0.05, 0.1) is 23.4 Å². The molecule has 4 rings (SSSR count). The number of imide groups is 1. The third kappa shape index (κ3) is 4.08. The topological polar surface area (TPSA) is 96.0 Å². The number of nitrogens with zero attached hydrogens (tertiary/aromatic N) is 2. The predicted molar refractivity (Wildman–Crippen MR) is 118 cm³/mol. The maximum absolute atomic E-state index is 13.0. The smallest absolute Gasteiger partial charge is 0.266 e. The van der Waals surface area contributed by atoms with E-state index in [4.69, 9.17) is 4.74 Å². The van der Waals surface area contributed by atoms with E-state index in [1.807, 2.05) is 6.92 Å². The Morgan fingerprint density at radius 2 is 1.66 bits per heavy atom. The number of amides is 4. The zero-order valence-electron chi connectivity index (χ0n) is 18.1. The van der Waals surface area contributed by atoms with Crippen LogP contribution < -0.4 is 15.0 Å². The van der Waals surface area contributed by atoms with Gasteiger partial charge in [-0.05, 0) is 62.2 Å². The lowest BCUT2D eigenvalue weighted by Gasteiger charge is -2.32. The van der Waals surface area contributed by atoms with Crippen LogP contribution in [0, 0.1) is 0 Å². The molecule has 1 saturated heterocycles. The number of fused-ring (bicyclic) bond motifs is 1. The van der Waals surface area contributed by atoms with Crippen molar-refractivity contribution in [2.24, 2.45) is 0 Å². The fourth-order valence-corrected chi connectivity index (χ4v) is 4.16. The highest BCUT2D eigenvalue weighted by Crippen LogP contribution is 2.30. The van der Waals surface area contributed by atoms with Crippen LogP contribution in [0.2, 0.25) is 0 Å². The van der Waals surface area contributed by atoms with Gasteiger partial charge in [0.15, 0.2) is 0 Å². The first kappa shape index (κ1) is 21.5. The first-order valence-electron chi connectivity index (χ1n) is 10.7. The highest BCUT2D eigenvalue weighted by atomic mass is 16.5. The average molecular weight is 435 g/mol. The van der Waals surface area contributed by atoms with Gasteiger partial charge in [-0.15, -0.1) is 0 Å². The predicted octanol–water partition coefficient (Wildman–Crippen LogP) is 2.63. The van der Waals surface area contributed by atoms with Gasteiger partial charge in [-0.3, -0.25) is 19.2 Å². The van der Waals surface area contributed by atoms with E-state index < -0.39 is 11.8 Å². The Balaban J connectivity index is 1.50. The Kier molecular flexibility index (Phi) is 5.94. The van der Waals surface area contributed by atoms with Gasteiger partial charge in [0.1, 0.15) is 5.75 Å². The summed E-state index contributed by atoms with van der Waals surface area (Å²) in [7, 11) is 0. The van der Waals surface area contributed by atoms with E-state index in [1.165, 1.54) is 13.0 Å². The van der Waals surface area contributed by atoms with Crippen LogP contribution in [0.25, 0.3) is 0 Å². The van der Waals surface area contributed by atoms with E-state index in [-0.39, 0.29) is 29.0 Å². The summed E-state index contributed by atoms with van der Waals surface area (Å²) < 4.78 is 5.41. The number of hydrogen-bond acceptors (Lipinski definition) is 5. The Hall–Kier alpha value is -3.68. The normalized spacial score (nSPS) is 16.2. The number of piperidine rings is 1. The molecule has 2 aromatic carbocycles. The Morgan fingerprint density at radius 3 is 2.28 bits per heavy atom. The lowest BCUT2D eigenvalue weighted by Crippen LogP contribution is -2.46. The molecule has 166 valence electrons. The number of nitrogens with one attached hydrogen (secondary N) is 1. The third-order valence-electron chi connectivity index (χ3n) is 5.73. The summed E-state index contributed by atoms with van der Waals surface area (Å²) in [5, 5.41) is 2.88. The SMILES string of the molecule is CCOc1ccc(N2C(=O)c3ccc(C(=O)N4CCC(NC(C)=O)CC4)cc3C2=O)cc1. The van der Waals surface area contributed by atoms with Gasteiger partial charge in [0.25, 0.3) is 17.7 Å². The summed E-state index contributed by atoms with van der Waals surface area (Å²) in [6, 6.07) is 11.5. The van der Waals surface area contributed by atoms with Crippen molar-refractivity contribution in [3.05, 3.63) is 59.2 Å². The van der Waals surface area contributed by atoms with Gasteiger partial charge < -0.3 is 15.0 Å². The second-order valence-electron chi connectivity index (χ2n) is 7.90. The van der Waals surface area contributed by atoms with Crippen LogP contribution in [0.5, 0.6) is 5.75 Å². The zero-order valence-corrected chi connectivity index (χ0v) is 18.1. The van der Waals surface area contributed by atoms with Gasteiger partial charge in [0.2, 0.25) is 5.91 Å². The molecule has 4 amide bonds. The van der Waals surface area contributed by atoms with Gasteiger partial charge in [0, 0.05) is 31.6 Å². The van der Waals surface area contributed by atoms with Gasteiger partial charge in [-0.1, -0.05) is 0 Å². The summed E-state index contributed by atoms with van der Waals surface area (Å²) >= 11 is 0. The molecule has 0 spiro atoms. The number of ether oxygens (including phenoxy) is 1. The molecule has 2 aliphatic heterocycles. The second-order valence-corrected chi connectivity index (χ2v) is 7.90. The van der Waals surface area contributed by atoms with Gasteiger partial charge in [-0.25, -0.2) is 4.90 Å². The minimum absolute atomic E-state index is 0.0680. The van der Waals surface area contributed by atoms with Crippen molar-refractivity contribution in [1.29, 1.82) is 0 Å². The molecule has 0 bridgehead atoms. The van der Waals surface area contributed by atoms with Crippen molar-refractivity contribution in [3.8, 4) is 5.75 Å². The molecule has 1 fully saturated rings. The number of likely N-dealkylation sites (tertiary alicyclic amines) is 1. The number of carbonyl (C=O) groups excluding carboxylic acids is 4. The molecule has 0 saturated carbocycles. The summed E-state index contributed by atoms with van der Waals surface area (Å²) in [6.07, 6.45) is 1.36. The molecule has 1 N–H and O–H groups in total. The number of carbonyl (C=O) groups is 4. The number of anilines is 1. The van der Waals surface area contributed by atoms with Crippen LogP contribution in [0.4, 0.5) is 5.69 Å². The molecule has 32 heavy (non-hydrogen) atoms. The minimum atomic E-state index is -0.451. The quantitative estimate of drug-likeness (QED) is 0.729. The standard InChI is InChI=1S/C24H25N3O5/c1-3-32-19-7-5-18(6-8-19)27-23(30)20-9-4-16(14-21(20)24(27)31)22(29)26-12-10-17(11-13-26)25-15(2)28/h4-9,14,17H,3,10-13H2,1-2H3,(H,25,28). The average Bonchev–Trinajstić information content (AvgIpc) is 3.04. The third-order valence-corrected chi connectivity index (χ3v) is 5.73. The van der Waals surface area contributed by atoms with E-state index in [0.717, 1.165) is 4.90 Å². The Labute approximate surface area is 186 Å². The molecular formula is C24H25N3O5. The molecule has 0 unspecified atom stereocenters. The molecular weight excluding hydrogens is 410 g/mol. The Morgan fingerprint density at radius 1 is 1.00 bits per heavy atom. The lowest BCUT2D eigenvalue weighted by molar-refractivity contribution is -0.119. The summed E-state index contributed by atoms with van der Waals surface area (Å²) in [5.41, 5.74) is 1.33. The first-order chi connectivity index (χ1) is 15.4. The molecule has 8 nitrogen and oxygen atoms in total. The summed E-state index contributed by atoms with van der Waals surface area (Å²) in [6.45, 7) is 4.92. The van der Waals surface area contributed by atoms with Crippen LogP contribution in [0.1, 0.15) is 57.8 Å². The van der Waals surface area contributed by atoms with Crippen molar-refractivity contribution in [3.63, 3.8) is 0 Å². The van der Waals surface area contributed by atoms with Crippen molar-refractivity contribution in [2.45, 2.75) is 32.7 Å². The molecule has 8 heteroatoms. The molecule has 2 heterocycles. The van der Waals surface area contributed by atoms with Crippen molar-refractivity contribution in [2.75, 3.05) is 24.6 Å². The molecule has 0 aliphatic carbocycles. The fourth-order valence-electron chi connectivity index (χ4n) is 4.16. The highest BCUT2D eigenvalue weighted by molar-refractivity contribution is 6.34. The van der Waals surface area contributed by atoms with Crippen LogP contribution in [-0.2, 0) is 4.79 Å². The fraction of sp³-hybridized carbons (Fsp3) is 0.333. The minimum Gasteiger partial charge on any atom is -0.494 e. The molecule has 0 radical (unpaired) electrons. The Bertz CT molecular complexity index is 1070. The van der Waals surface area contributed by atoms with Crippen LogP contribution in [0.3, 0.4) is 0 Å². The van der Waals surface area contributed by atoms with Crippen molar-refractivity contribution < 1.29 is 23.9 Å². The second kappa shape index (κ2) is 8.82. The maximum Gasteiger partial charge on any atom is 0.266 e. The molecule has 2 aromatic rings. The van der Waals surface area contributed by atoms with Crippen LogP contribution in [-0.4, -0.2) is 54.3 Å².